The number of carbonyl (C=O) groups excluding carboxylic acids is 3. The fourth-order valence-corrected chi connectivity index (χ4v) is 8.41. The van der Waals surface area contributed by atoms with E-state index in [1.807, 2.05) is 60.8 Å². The fraction of sp³-hybridized carbons (Fsp3) is 0.514. The van der Waals surface area contributed by atoms with Gasteiger partial charge in [0.15, 0.2) is 5.78 Å². The van der Waals surface area contributed by atoms with Gasteiger partial charge in [0.25, 0.3) is 0 Å². The van der Waals surface area contributed by atoms with Gasteiger partial charge in [-0.25, -0.2) is 4.79 Å². The lowest BCUT2D eigenvalue weighted by Gasteiger charge is -2.53. The molecule has 2 unspecified atom stereocenters. The Kier molecular flexibility index (Phi) is 9.96. The third-order valence-electron chi connectivity index (χ3n) is 10.6. The Hall–Kier alpha value is -4.18. The molecule has 250 valence electrons. The maximum atomic E-state index is 14.2. The van der Waals surface area contributed by atoms with Crippen LogP contribution < -0.4 is 16.0 Å². The predicted octanol–water partition coefficient (Wildman–Crippen LogP) is 4.77. The summed E-state index contributed by atoms with van der Waals surface area (Å²) in [6.07, 6.45) is 7.46. The van der Waals surface area contributed by atoms with E-state index in [1.54, 1.807) is 6.92 Å². The normalized spacial score (nSPS) is 24.7. The second kappa shape index (κ2) is 14.3. The van der Waals surface area contributed by atoms with E-state index >= 15 is 0 Å². The van der Waals surface area contributed by atoms with Gasteiger partial charge < -0.3 is 30.8 Å². The Balaban J connectivity index is 1.16. The molecule has 2 aromatic carbocycles. The molecule has 4 bridgehead atoms. The average Bonchev–Trinajstić information content (AvgIpc) is 3.45. The van der Waals surface area contributed by atoms with Crippen molar-refractivity contribution < 1.29 is 29.0 Å². The topological polar surface area (TPSA) is 150 Å². The van der Waals surface area contributed by atoms with Gasteiger partial charge in [0.05, 0.1) is 13.0 Å². The van der Waals surface area contributed by atoms with Crippen molar-refractivity contribution in [3.8, 4) is 0 Å². The molecule has 7 rings (SSSR count). The summed E-state index contributed by atoms with van der Waals surface area (Å²) in [5.41, 5.74) is 1.62. The number of aromatic nitrogens is 1. The van der Waals surface area contributed by atoms with Gasteiger partial charge in [0, 0.05) is 42.5 Å². The first-order valence-electron chi connectivity index (χ1n) is 17.0. The quantitative estimate of drug-likeness (QED) is 0.160. The van der Waals surface area contributed by atoms with Crippen LogP contribution in [0.4, 0.5) is 4.79 Å². The molecular formula is C37H46N4O6. The highest BCUT2D eigenvalue weighted by atomic mass is 16.6. The maximum absolute atomic E-state index is 14.2. The van der Waals surface area contributed by atoms with Crippen molar-refractivity contribution in [1.82, 2.24) is 20.9 Å². The molecule has 2 atom stereocenters. The molecule has 0 spiro atoms. The molecule has 3 aromatic rings. The fourth-order valence-electron chi connectivity index (χ4n) is 8.41. The first kappa shape index (κ1) is 32.7. The van der Waals surface area contributed by atoms with Gasteiger partial charge in [0.2, 0.25) is 5.91 Å². The number of alkyl carbamates (subject to hydrolysis) is 1. The molecule has 47 heavy (non-hydrogen) atoms. The zero-order chi connectivity index (χ0) is 33.0. The molecule has 1 aromatic heterocycles. The number of amides is 2. The van der Waals surface area contributed by atoms with Crippen molar-refractivity contribution in [2.45, 2.75) is 82.4 Å². The van der Waals surface area contributed by atoms with Gasteiger partial charge in [-0.15, -0.1) is 0 Å². The molecule has 1 heterocycles. The minimum atomic E-state index is -1.27. The summed E-state index contributed by atoms with van der Waals surface area (Å²) >= 11 is 0. The number of carboxylic acids is 1. The van der Waals surface area contributed by atoms with Crippen molar-refractivity contribution in [2.24, 2.45) is 23.7 Å². The number of aliphatic carboxylic acids is 1. The molecule has 10 nitrogen and oxygen atoms in total. The SMILES string of the molecule is CC(Cc1c[nH]c2ccccc12)(NC(=O)OC1C2CC3CC(C2)CC1C3)C(=O)CNC(CNC(=O)CCC(=O)O)Cc1ccccc1. The number of ketones is 1. The molecule has 5 N–H and O–H groups in total. The average molecular weight is 643 g/mol. The molecule has 4 fully saturated rings. The molecule has 4 aliphatic rings. The molecule has 10 heteroatoms. The second-order valence-electron chi connectivity index (χ2n) is 14.2. The predicted molar refractivity (Wildman–Crippen MR) is 178 cm³/mol. The van der Waals surface area contributed by atoms with Gasteiger partial charge in [-0.2, -0.15) is 0 Å². The number of ether oxygens (including phenoxy) is 1. The van der Waals surface area contributed by atoms with Crippen LogP contribution in [0, 0.1) is 23.7 Å². The van der Waals surface area contributed by atoms with Crippen LogP contribution in [0.5, 0.6) is 0 Å². The molecule has 4 aliphatic carbocycles. The Bertz CT molecular complexity index is 1560. The van der Waals surface area contributed by atoms with Crippen LogP contribution in [0.3, 0.4) is 0 Å². The van der Waals surface area contributed by atoms with Crippen molar-refractivity contribution in [2.75, 3.05) is 13.1 Å². The lowest BCUT2D eigenvalue weighted by atomic mass is 9.55. The van der Waals surface area contributed by atoms with Crippen molar-refractivity contribution in [3.63, 3.8) is 0 Å². The molecule has 0 aliphatic heterocycles. The van der Waals surface area contributed by atoms with E-state index in [0.717, 1.165) is 59.5 Å². The number of H-pyrrole nitrogens is 1. The van der Waals surface area contributed by atoms with Gasteiger partial charge in [-0.05, 0) is 86.3 Å². The van der Waals surface area contributed by atoms with Crippen molar-refractivity contribution in [1.29, 1.82) is 0 Å². The van der Waals surface area contributed by atoms with Crippen molar-refractivity contribution >= 4 is 34.7 Å². The van der Waals surface area contributed by atoms with Crippen LogP contribution in [0.15, 0.2) is 60.8 Å². The lowest BCUT2D eigenvalue weighted by Crippen LogP contribution is -2.59. The summed E-state index contributed by atoms with van der Waals surface area (Å²) in [5, 5.41) is 19.1. The maximum Gasteiger partial charge on any atom is 0.408 e. The van der Waals surface area contributed by atoms with Crippen LogP contribution in [-0.2, 0) is 32.0 Å². The number of hydrogen-bond donors (Lipinski definition) is 5. The third kappa shape index (κ3) is 8.04. The van der Waals surface area contributed by atoms with Gasteiger partial charge in [-0.1, -0.05) is 48.5 Å². The first-order valence-corrected chi connectivity index (χ1v) is 17.0. The number of fused-ring (bicyclic) bond motifs is 1. The largest absolute Gasteiger partial charge is 0.481 e. The number of benzene rings is 2. The zero-order valence-electron chi connectivity index (χ0n) is 27.0. The highest BCUT2D eigenvalue weighted by Gasteiger charge is 2.50. The van der Waals surface area contributed by atoms with Crippen molar-refractivity contribution in [3.05, 3.63) is 71.9 Å². The standard InChI is InChI=1S/C37H46N4O6/c1-37(19-28-20-39-31-10-6-5-9-30(28)31,41-36(46)47-35-26-14-24-13-25(16-26)17-27(35)15-24)32(42)22-38-29(18-23-7-3-2-4-8-23)21-40-33(43)11-12-34(44)45/h2-10,20,24-27,29,35,38-39H,11-19,21-22H2,1H3,(H,40,43)(H,41,46)(H,44,45). The second-order valence-corrected chi connectivity index (χ2v) is 14.2. The Labute approximate surface area is 275 Å². The number of aromatic amines is 1. The van der Waals surface area contributed by atoms with E-state index < -0.39 is 17.6 Å². The minimum Gasteiger partial charge on any atom is -0.481 e. The van der Waals surface area contributed by atoms with Crippen LogP contribution >= 0.6 is 0 Å². The van der Waals surface area contributed by atoms with Crippen LogP contribution in [-0.4, -0.2) is 64.6 Å². The number of Topliss-reactive ketones (excluding diaryl/α,β-unsaturated/α-hetero) is 1. The Morgan fingerprint density at radius 1 is 0.936 bits per heavy atom. The monoisotopic (exact) mass is 642 g/mol. The number of rotatable bonds is 15. The summed E-state index contributed by atoms with van der Waals surface area (Å²) < 4.78 is 6.17. The highest BCUT2D eigenvalue weighted by Crippen LogP contribution is 2.54. The van der Waals surface area contributed by atoms with Crippen LogP contribution in [0.2, 0.25) is 0 Å². The number of carbonyl (C=O) groups is 4. The summed E-state index contributed by atoms with van der Waals surface area (Å²) in [5.74, 6) is 0.708. The minimum absolute atomic E-state index is 0.0559. The third-order valence-corrected chi connectivity index (χ3v) is 10.6. The summed E-state index contributed by atoms with van der Waals surface area (Å²) in [6, 6.07) is 17.3. The van der Waals surface area contributed by atoms with E-state index in [9.17, 15) is 19.2 Å². The van der Waals surface area contributed by atoms with Gasteiger partial charge in [-0.3, -0.25) is 14.4 Å². The smallest absolute Gasteiger partial charge is 0.408 e. The Morgan fingerprint density at radius 3 is 2.32 bits per heavy atom. The van der Waals surface area contributed by atoms with E-state index in [-0.39, 0.29) is 56.2 Å². The zero-order valence-corrected chi connectivity index (χ0v) is 27.0. The molecule has 0 radical (unpaired) electrons. The van der Waals surface area contributed by atoms with E-state index in [4.69, 9.17) is 9.84 Å². The van der Waals surface area contributed by atoms with E-state index in [0.29, 0.717) is 18.3 Å². The summed E-state index contributed by atoms with van der Waals surface area (Å²) in [7, 11) is 0. The number of nitrogens with one attached hydrogen (secondary N) is 4. The van der Waals surface area contributed by atoms with Crippen LogP contribution in [0.25, 0.3) is 10.9 Å². The molecule has 2 amide bonds. The molecule has 0 saturated heterocycles. The van der Waals surface area contributed by atoms with E-state index in [2.05, 4.69) is 20.9 Å². The summed E-state index contributed by atoms with van der Waals surface area (Å²) in [6.45, 7) is 1.91. The summed E-state index contributed by atoms with van der Waals surface area (Å²) in [4.78, 5) is 54.3. The molecule has 4 saturated carbocycles. The number of hydrogen-bond acceptors (Lipinski definition) is 6. The first-order chi connectivity index (χ1) is 22.6. The lowest BCUT2D eigenvalue weighted by molar-refractivity contribution is -0.138. The van der Waals surface area contributed by atoms with Crippen LogP contribution in [0.1, 0.15) is 63.0 Å². The van der Waals surface area contributed by atoms with Gasteiger partial charge in [0.1, 0.15) is 11.6 Å². The highest BCUT2D eigenvalue weighted by molar-refractivity contribution is 5.94. The molecular weight excluding hydrogens is 596 g/mol. The number of carboxylic acid groups (broad SMARTS) is 1. The van der Waals surface area contributed by atoms with E-state index in [1.165, 1.54) is 6.42 Å². The Morgan fingerprint density at radius 2 is 1.62 bits per heavy atom. The van der Waals surface area contributed by atoms with Gasteiger partial charge >= 0.3 is 12.1 Å². The number of para-hydroxylation sites is 1.